The Morgan fingerprint density at radius 2 is 2.38 bits per heavy atom. The topological polar surface area (TPSA) is 12.0 Å². The molecule has 0 aromatic carbocycles. The van der Waals surface area contributed by atoms with Crippen LogP contribution in [0.3, 0.4) is 0 Å². The van der Waals surface area contributed by atoms with Crippen LogP contribution in [0.1, 0.15) is 13.3 Å². The first-order chi connectivity index (χ1) is 3.89. The van der Waals surface area contributed by atoms with Crippen LogP contribution < -0.4 is 5.32 Å². The molecular weight excluding hydrogens is 96.9 g/mol. The van der Waals surface area contributed by atoms with E-state index in [9.17, 15) is 0 Å². The van der Waals surface area contributed by atoms with Gasteiger partial charge < -0.3 is 5.32 Å². The first-order valence-electron chi connectivity index (χ1n) is 3.63. The fourth-order valence-electron chi connectivity index (χ4n) is 1.20. The fraction of sp³-hybridized carbons (Fsp3) is 1.00. The standard InChI is InChI=1S/C6H14BN/c1-6-2-3-7-4-5-8-6/h6-8H,2-5H2,1H3. The second-order valence-corrected chi connectivity index (χ2v) is 2.70. The van der Waals surface area contributed by atoms with Crippen LogP contribution in [0.5, 0.6) is 0 Å². The third-order valence-corrected chi connectivity index (χ3v) is 1.81. The number of rotatable bonds is 0. The van der Waals surface area contributed by atoms with Crippen molar-refractivity contribution in [3.05, 3.63) is 0 Å². The van der Waals surface area contributed by atoms with Crippen LogP contribution >= 0.6 is 0 Å². The van der Waals surface area contributed by atoms with Gasteiger partial charge in [0.25, 0.3) is 0 Å². The molecule has 1 saturated heterocycles. The Morgan fingerprint density at radius 1 is 1.50 bits per heavy atom. The maximum atomic E-state index is 3.44. The van der Waals surface area contributed by atoms with Crippen LogP contribution in [0.15, 0.2) is 0 Å². The van der Waals surface area contributed by atoms with Gasteiger partial charge in [-0.05, 0) is 19.9 Å². The van der Waals surface area contributed by atoms with Crippen molar-refractivity contribution in [3.63, 3.8) is 0 Å². The molecule has 0 aliphatic carbocycles. The third kappa shape index (κ3) is 1.87. The summed E-state index contributed by atoms with van der Waals surface area (Å²) in [5.41, 5.74) is 0. The van der Waals surface area contributed by atoms with Gasteiger partial charge in [-0.25, -0.2) is 0 Å². The molecule has 1 atom stereocenters. The summed E-state index contributed by atoms with van der Waals surface area (Å²) in [5, 5.41) is 3.44. The van der Waals surface area contributed by atoms with E-state index in [0.29, 0.717) is 0 Å². The molecule has 2 heteroatoms. The van der Waals surface area contributed by atoms with Gasteiger partial charge >= 0.3 is 0 Å². The highest BCUT2D eigenvalue weighted by atomic mass is 14.9. The molecule has 0 aromatic heterocycles. The van der Waals surface area contributed by atoms with Crippen molar-refractivity contribution in [2.24, 2.45) is 0 Å². The lowest BCUT2D eigenvalue weighted by molar-refractivity contribution is 0.564. The summed E-state index contributed by atoms with van der Waals surface area (Å²) < 4.78 is 0. The van der Waals surface area contributed by atoms with Crippen molar-refractivity contribution in [2.45, 2.75) is 32.0 Å². The molecule has 1 nitrogen and oxygen atoms in total. The molecule has 0 spiro atoms. The Labute approximate surface area is 52.1 Å². The van der Waals surface area contributed by atoms with E-state index in [-0.39, 0.29) is 0 Å². The van der Waals surface area contributed by atoms with Crippen LogP contribution in [0, 0.1) is 0 Å². The molecule has 1 heterocycles. The van der Waals surface area contributed by atoms with Gasteiger partial charge in [-0.2, -0.15) is 0 Å². The van der Waals surface area contributed by atoms with E-state index >= 15 is 0 Å². The van der Waals surface area contributed by atoms with Gasteiger partial charge in [0.1, 0.15) is 7.28 Å². The Morgan fingerprint density at radius 3 is 3.25 bits per heavy atom. The van der Waals surface area contributed by atoms with E-state index in [0.717, 1.165) is 6.04 Å². The van der Waals surface area contributed by atoms with Crippen LogP contribution in [-0.4, -0.2) is 19.9 Å². The lowest BCUT2D eigenvalue weighted by atomic mass is 9.70. The normalized spacial score (nSPS) is 30.9. The monoisotopic (exact) mass is 111 g/mol. The van der Waals surface area contributed by atoms with E-state index < -0.39 is 0 Å². The largest absolute Gasteiger partial charge is 0.315 e. The van der Waals surface area contributed by atoms with Crippen molar-refractivity contribution >= 4 is 7.28 Å². The lowest BCUT2D eigenvalue weighted by Gasteiger charge is -2.06. The molecule has 0 saturated carbocycles. The van der Waals surface area contributed by atoms with Crippen LogP contribution in [0.2, 0.25) is 12.6 Å². The van der Waals surface area contributed by atoms with Crippen molar-refractivity contribution in [1.29, 1.82) is 0 Å². The lowest BCUT2D eigenvalue weighted by Crippen LogP contribution is -2.24. The van der Waals surface area contributed by atoms with Gasteiger partial charge in [0.2, 0.25) is 0 Å². The molecule has 1 aliphatic heterocycles. The zero-order valence-corrected chi connectivity index (χ0v) is 5.61. The summed E-state index contributed by atoms with van der Waals surface area (Å²) in [6, 6.07) is 0.775. The predicted molar refractivity (Wildman–Crippen MR) is 38.8 cm³/mol. The van der Waals surface area contributed by atoms with Crippen molar-refractivity contribution in [1.82, 2.24) is 5.32 Å². The number of hydrogen-bond acceptors (Lipinski definition) is 1. The molecule has 1 unspecified atom stereocenters. The summed E-state index contributed by atoms with van der Waals surface area (Å²) in [7, 11) is 1.43. The van der Waals surface area contributed by atoms with Crippen molar-refractivity contribution in [3.8, 4) is 0 Å². The zero-order valence-electron chi connectivity index (χ0n) is 5.61. The SMILES string of the molecule is CC1CCBCCN1. The maximum absolute atomic E-state index is 3.44. The summed E-state index contributed by atoms with van der Waals surface area (Å²) in [6.45, 7) is 3.51. The fourth-order valence-corrected chi connectivity index (χ4v) is 1.20. The van der Waals surface area contributed by atoms with E-state index in [2.05, 4.69) is 12.2 Å². The maximum Gasteiger partial charge on any atom is 0.122 e. The molecule has 8 heavy (non-hydrogen) atoms. The Kier molecular flexibility index (Phi) is 2.41. The van der Waals surface area contributed by atoms with Crippen molar-refractivity contribution < 1.29 is 0 Å². The minimum Gasteiger partial charge on any atom is -0.315 e. The predicted octanol–water partition coefficient (Wildman–Crippen LogP) is 0.641. The number of nitrogens with one attached hydrogen (secondary N) is 1. The van der Waals surface area contributed by atoms with Gasteiger partial charge in [0, 0.05) is 6.04 Å². The first-order valence-corrected chi connectivity index (χ1v) is 3.63. The number of hydrogen-bond donors (Lipinski definition) is 1. The van der Waals surface area contributed by atoms with Crippen molar-refractivity contribution in [2.75, 3.05) is 6.54 Å². The molecule has 0 aromatic rings. The van der Waals surface area contributed by atoms with Gasteiger partial charge in [0.05, 0.1) is 0 Å². The highest BCUT2D eigenvalue weighted by Gasteiger charge is 2.04. The van der Waals surface area contributed by atoms with E-state index in [4.69, 9.17) is 0 Å². The minimum atomic E-state index is 0.775. The molecule has 0 amide bonds. The minimum absolute atomic E-state index is 0.775. The molecule has 1 rings (SSSR count). The smallest absolute Gasteiger partial charge is 0.122 e. The second-order valence-electron chi connectivity index (χ2n) is 2.70. The second kappa shape index (κ2) is 3.13. The van der Waals surface area contributed by atoms with Crippen LogP contribution in [0.25, 0.3) is 0 Å². The molecule has 46 valence electrons. The molecule has 0 bridgehead atoms. The van der Waals surface area contributed by atoms with Gasteiger partial charge in [0.15, 0.2) is 0 Å². The third-order valence-electron chi connectivity index (χ3n) is 1.81. The van der Waals surface area contributed by atoms with Gasteiger partial charge in [-0.1, -0.05) is 12.6 Å². The molecule has 1 N–H and O–H groups in total. The summed E-state index contributed by atoms with van der Waals surface area (Å²) in [5.74, 6) is 0. The van der Waals surface area contributed by atoms with Gasteiger partial charge in [-0.15, -0.1) is 0 Å². The van der Waals surface area contributed by atoms with E-state index in [1.807, 2.05) is 0 Å². The summed E-state index contributed by atoms with van der Waals surface area (Å²) in [6.07, 6.45) is 4.18. The Bertz CT molecular complexity index is 57.5. The molecular formula is C6H14BN. The molecule has 0 radical (unpaired) electrons. The highest BCUT2D eigenvalue weighted by molar-refractivity contribution is 6.35. The highest BCUT2D eigenvalue weighted by Crippen LogP contribution is 2.01. The average molecular weight is 111 g/mol. The van der Waals surface area contributed by atoms with E-state index in [1.165, 1.54) is 32.9 Å². The quantitative estimate of drug-likeness (QED) is 0.452. The molecule has 1 fully saturated rings. The first kappa shape index (κ1) is 6.15. The average Bonchev–Trinajstić information content (AvgIpc) is 1.94. The summed E-state index contributed by atoms with van der Waals surface area (Å²) >= 11 is 0. The summed E-state index contributed by atoms with van der Waals surface area (Å²) in [4.78, 5) is 0. The zero-order chi connectivity index (χ0) is 5.82. The van der Waals surface area contributed by atoms with E-state index in [1.54, 1.807) is 0 Å². The Hall–Kier alpha value is 0.0249. The molecule has 1 aliphatic rings. The Balaban J connectivity index is 2.17. The van der Waals surface area contributed by atoms with Crippen LogP contribution in [0.4, 0.5) is 0 Å². The van der Waals surface area contributed by atoms with Gasteiger partial charge in [-0.3, -0.25) is 0 Å². The van der Waals surface area contributed by atoms with Crippen LogP contribution in [-0.2, 0) is 0 Å².